The van der Waals surface area contributed by atoms with Crippen molar-refractivity contribution in [1.82, 2.24) is 44.4 Å². The third kappa shape index (κ3) is 13.0. The average Bonchev–Trinajstić information content (AvgIpc) is 4.15. The lowest BCUT2D eigenvalue weighted by molar-refractivity contribution is -0.756. The second kappa shape index (κ2) is 22.4. The molecule has 10 atom stereocenters. The Kier molecular flexibility index (Phi) is 16.5. The summed E-state index contributed by atoms with van der Waals surface area (Å²) in [5, 5.41) is 51.6. The van der Waals surface area contributed by atoms with E-state index in [2.05, 4.69) is 44.7 Å². The van der Waals surface area contributed by atoms with Crippen LogP contribution in [-0.2, 0) is 61.1 Å². The van der Waals surface area contributed by atoms with Crippen LogP contribution in [0, 0.1) is 13.8 Å². The zero-order valence-electron chi connectivity index (χ0n) is 37.8. The quantitative estimate of drug-likeness (QED) is 0.0198. The number of hydrogen-bond acceptors (Lipinski definition) is 24. The van der Waals surface area contributed by atoms with Gasteiger partial charge in [0.15, 0.2) is 46.9 Å². The number of thioether (sulfide) groups is 1. The number of carbonyl (C=O) groups excluding carboxylic acids is 1. The van der Waals surface area contributed by atoms with Crippen LogP contribution in [0.4, 0.5) is 10.9 Å². The number of phosphoric ester groups is 2. The number of thiazole rings is 1. The van der Waals surface area contributed by atoms with E-state index < -0.39 is 77.9 Å². The van der Waals surface area contributed by atoms with Crippen LogP contribution < -0.4 is 20.5 Å². The van der Waals surface area contributed by atoms with Crippen molar-refractivity contribution in [3.63, 3.8) is 0 Å². The number of nitrogens with one attached hydrogen (secondary N) is 1. The molecule has 28 nitrogen and oxygen atoms in total. The number of carbonyl (C=O) groups is 1. The van der Waals surface area contributed by atoms with Crippen molar-refractivity contribution in [3.05, 3.63) is 82.9 Å². The Morgan fingerprint density at radius 1 is 0.944 bits per heavy atom. The van der Waals surface area contributed by atoms with Gasteiger partial charge in [0.25, 0.3) is 6.23 Å². The summed E-state index contributed by atoms with van der Waals surface area (Å²) in [7, 11) is -9.42. The van der Waals surface area contributed by atoms with Gasteiger partial charge in [-0.05, 0) is 37.6 Å². The summed E-state index contributed by atoms with van der Waals surface area (Å²) < 4.78 is 66.7. The molecule has 382 valence electrons. The molecular weight excluding hydrogens is 1020 g/mol. The van der Waals surface area contributed by atoms with Crippen molar-refractivity contribution in [2.75, 3.05) is 43.7 Å². The third-order valence-corrected chi connectivity index (χ3v) is 15.0. The van der Waals surface area contributed by atoms with Crippen molar-refractivity contribution >= 4 is 66.8 Å². The monoisotopic (exact) mass is 1070 g/mol. The summed E-state index contributed by atoms with van der Waals surface area (Å²) in [6, 6.07) is 9.13. The number of hydrogen-bond donors (Lipinski definition) is 8. The van der Waals surface area contributed by atoms with Crippen LogP contribution in [0.3, 0.4) is 0 Å². The van der Waals surface area contributed by atoms with Gasteiger partial charge in [-0.1, -0.05) is 28.6 Å². The topological polar surface area (TPSA) is 379 Å². The Bertz CT molecular complexity index is 2910. The zero-order chi connectivity index (χ0) is 50.6. The Morgan fingerprint density at radius 2 is 1.63 bits per heavy atom. The number of benzene rings is 1. The lowest BCUT2D eigenvalue weighted by atomic mass is 10.1. The first kappa shape index (κ1) is 52.3. The number of phosphoric acid groups is 2. The molecule has 0 radical (unpaired) electrons. The largest absolute Gasteiger partial charge is 0.485 e. The summed E-state index contributed by atoms with van der Waals surface area (Å²) in [5.74, 6) is 0.390. The molecule has 1 amide bonds. The van der Waals surface area contributed by atoms with Gasteiger partial charge >= 0.3 is 15.6 Å². The highest BCUT2D eigenvalue weighted by atomic mass is 32.2. The fourth-order valence-electron chi connectivity index (χ4n) is 7.38. The number of ether oxygens (including phenoxy) is 4. The van der Waals surface area contributed by atoms with Gasteiger partial charge in [-0.2, -0.15) is 4.31 Å². The standard InChI is InChI=1S/C39H48N12O16P2S2/c1-20-9-21(2)46-39(45-20)70-17-28(52)47-38-41-12-25(71-38)11-22-5-4-6-24(10-22)62-14-23-13-49(7-8-61-3)48-51(23)37-33(56)31(54)27(66-37)16-64-69(59,60)67-68(57,58)63-15-26-30(53)32(55)36(65-26)50-19-44-29-34(40)42-18-43-35(29)50/h4-6,9-10,12-13,18-19,26-27,30-33,36-37,53-56H,7-8,11,14-17H2,1-3H3,(H4-,40,41,42,43,47,52,57,58,59,60)/p+1/t26-,27-,30-,31-,32-,33-,36-,37+/m1/s1. The number of nitrogens with zero attached hydrogens (tertiary/aromatic N) is 10. The SMILES string of the molecule is COCC[n+]1cc(COc2cccc(Cc3cnc(NC(=O)CSc4nc(C)cc(C)n4)s3)c2)n([C@H]2O[C@H](COP(=O)(O)OP(=O)(O)OC[C@H]3O[C@@H](n4cnc5c(N)ncnc54)[C@H](O)[C@@H]3O)[C@@H](O)[C@H]2O)n1. The first-order chi connectivity index (χ1) is 33.8. The minimum absolute atomic E-state index is 0.0433. The van der Waals surface area contributed by atoms with Gasteiger partial charge in [-0.25, -0.2) is 39.0 Å². The van der Waals surface area contributed by atoms with Crippen LogP contribution in [0.15, 0.2) is 60.5 Å². The number of aryl methyl sites for hydroxylation is 2. The molecule has 2 fully saturated rings. The smallest absolute Gasteiger partial charge is 0.481 e. The highest BCUT2D eigenvalue weighted by Gasteiger charge is 2.50. The van der Waals surface area contributed by atoms with Crippen molar-refractivity contribution < 1.29 is 81.1 Å². The van der Waals surface area contributed by atoms with E-state index in [0.29, 0.717) is 28.2 Å². The number of imidazole rings is 1. The molecule has 9 N–H and O–H groups in total. The summed E-state index contributed by atoms with van der Waals surface area (Å²) in [5.41, 5.74) is 9.04. The van der Waals surface area contributed by atoms with Crippen LogP contribution in [0.5, 0.6) is 5.75 Å². The molecule has 2 aliphatic rings. The maximum absolute atomic E-state index is 12.9. The maximum atomic E-state index is 12.9. The molecule has 8 rings (SSSR count). The van der Waals surface area contributed by atoms with Crippen LogP contribution in [0.25, 0.3) is 11.2 Å². The van der Waals surface area contributed by atoms with E-state index >= 15 is 0 Å². The Hall–Kier alpha value is -4.98. The lowest BCUT2D eigenvalue weighted by Gasteiger charge is -2.20. The fourth-order valence-corrected chi connectivity index (χ4v) is 11.1. The maximum Gasteiger partial charge on any atom is 0.481 e. The van der Waals surface area contributed by atoms with Crippen LogP contribution in [-0.4, -0.2) is 150 Å². The molecule has 2 aliphatic heterocycles. The number of aliphatic hydroxyl groups is 4. The number of amides is 1. The Labute approximate surface area is 410 Å². The van der Waals surface area contributed by atoms with Crippen molar-refractivity contribution in [2.45, 2.75) is 87.7 Å². The van der Waals surface area contributed by atoms with E-state index in [9.17, 15) is 44.1 Å². The van der Waals surface area contributed by atoms with Crippen LogP contribution in [0.2, 0.25) is 0 Å². The fraction of sp³-hybridized carbons (Fsp3) is 0.462. The predicted octanol–water partition coefficient (Wildman–Crippen LogP) is 0.492. The van der Waals surface area contributed by atoms with Gasteiger partial charge in [0, 0.05) is 36.0 Å². The Morgan fingerprint density at radius 3 is 2.34 bits per heavy atom. The summed E-state index contributed by atoms with van der Waals surface area (Å²) >= 11 is 2.56. The van der Waals surface area contributed by atoms with Crippen molar-refractivity contribution in [3.8, 4) is 5.75 Å². The minimum Gasteiger partial charge on any atom is -0.485 e. The second-order valence-electron chi connectivity index (χ2n) is 16.0. The first-order valence-corrected chi connectivity index (χ1v) is 26.1. The van der Waals surface area contributed by atoms with Gasteiger partial charge in [-0.3, -0.25) is 18.4 Å². The number of nitrogens with two attached hydrogens (primary N) is 1. The molecule has 71 heavy (non-hydrogen) atoms. The normalized spacial score (nSPS) is 24.0. The molecule has 7 heterocycles. The van der Waals surface area contributed by atoms with E-state index in [4.69, 9.17) is 33.7 Å². The number of fused-ring (bicyclic) bond motifs is 1. The summed E-state index contributed by atoms with van der Waals surface area (Å²) in [4.78, 5) is 59.3. The molecule has 1 aromatic carbocycles. The van der Waals surface area contributed by atoms with E-state index in [0.717, 1.165) is 28.2 Å². The number of anilines is 2. The van der Waals surface area contributed by atoms with Crippen molar-refractivity contribution in [2.24, 2.45) is 0 Å². The minimum atomic E-state index is -5.47. The summed E-state index contributed by atoms with van der Waals surface area (Å²) in [6.45, 7) is 2.30. The molecule has 6 aromatic rings. The molecule has 0 aliphatic carbocycles. The molecule has 0 bridgehead atoms. The van der Waals surface area contributed by atoms with Crippen LogP contribution >= 0.6 is 38.7 Å². The summed E-state index contributed by atoms with van der Waals surface area (Å²) in [6.07, 6.45) is -6.20. The number of nitrogen functional groups attached to an aromatic ring is 1. The third-order valence-electron chi connectivity index (χ3n) is 10.7. The molecule has 2 unspecified atom stereocenters. The van der Waals surface area contributed by atoms with E-state index in [1.807, 2.05) is 32.0 Å². The highest BCUT2D eigenvalue weighted by Crippen LogP contribution is 2.61. The first-order valence-electron chi connectivity index (χ1n) is 21.4. The molecule has 5 aromatic heterocycles. The van der Waals surface area contributed by atoms with E-state index in [-0.39, 0.29) is 48.4 Å². The Balaban J connectivity index is 0.838. The van der Waals surface area contributed by atoms with Gasteiger partial charge < -0.3 is 60.2 Å². The zero-order valence-corrected chi connectivity index (χ0v) is 41.2. The van der Waals surface area contributed by atoms with E-state index in [1.165, 1.54) is 50.5 Å². The number of methoxy groups -OCH3 is 1. The number of aromatic nitrogens is 10. The van der Waals surface area contributed by atoms with Crippen LogP contribution in [0.1, 0.15) is 40.0 Å². The molecular formula is C39H49N12O16P2S2+. The van der Waals surface area contributed by atoms with Gasteiger partial charge in [0.1, 0.15) is 54.7 Å². The van der Waals surface area contributed by atoms with E-state index in [1.54, 1.807) is 24.5 Å². The molecule has 0 saturated carbocycles. The van der Waals surface area contributed by atoms with Gasteiger partial charge in [-0.15, -0.1) is 16.0 Å². The number of rotatable bonds is 22. The lowest BCUT2D eigenvalue weighted by Crippen LogP contribution is -2.39. The molecule has 2 saturated heterocycles. The highest BCUT2D eigenvalue weighted by molar-refractivity contribution is 7.99. The molecule has 0 spiro atoms. The van der Waals surface area contributed by atoms with Crippen molar-refractivity contribution in [1.29, 1.82) is 0 Å². The number of aliphatic hydroxyl groups excluding tert-OH is 4. The predicted molar refractivity (Wildman–Crippen MR) is 245 cm³/mol. The van der Waals surface area contributed by atoms with Gasteiger partial charge in [0.05, 0.1) is 37.1 Å². The second-order valence-corrected chi connectivity index (χ2v) is 21.1. The van der Waals surface area contributed by atoms with Gasteiger partial charge in [0.2, 0.25) is 11.6 Å². The molecule has 32 heteroatoms. The average molecular weight is 1070 g/mol.